The normalized spacial score (nSPS) is 12.7. The molecule has 0 unspecified atom stereocenters. The summed E-state index contributed by atoms with van der Waals surface area (Å²) in [6, 6.07) is 68.2. The number of hydrogen-bond acceptors (Lipinski definition) is 4. The number of anilines is 9. The van der Waals surface area contributed by atoms with E-state index >= 15 is 0 Å². The van der Waals surface area contributed by atoms with Crippen molar-refractivity contribution in [2.75, 3.05) is 14.7 Å². The van der Waals surface area contributed by atoms with Crippen LogP contribution in [0.25, 0.3) is 33.1 Å². The summed E-state index contributed by atoms with van der Waals surface area (Å²) >= 11 is 0. The second-order valence-electron chi connectivity index (χ2n) is 19.2. The number of aryl methyl sites for hydroxylation is 5. The van der Waals surface area contributed by atoms with Crippen LogP contribution < -0.4 is 31.1 Å². The van der Waals surface area contributed by atoms with Crippen LogP contribution in [0.5, 0.6) is 0 Å². The van der Waals surface area contributed by atoms with Gasteiger partial charge >= 0.3 is 0 Å². The first-order chi connectivity index (χ1) is 32.6. The highest BCUT2D eigenvalue weighted by molar-refractivity contribution is 7.00. The zero-order chi connectivity index (χ0) is 45.7. The highest BCUT2D eigenvalue weighted by atomic mass is 16.3. The standard InChI is InChI=1S/C62H52BN3O/c1-38(2)44-24-28-46(29-25-44)64(57-13-10-12-50-49-11-8-9-14-60(49)67-62(50)57)48-36-58-61-59(37-48)66(54-30-19-41(5)33-51(54)45-22-15-39(3)16-23-45)56-32-21-43(7)35-53(56)63(61)52-34-42(6)20-31-55(52)65(58)47-26-17-40(4)18-27-47/h8-38H,1-7H3. The Balaban J connectivity index is 1.22. The molecule has 0 saturated heterocycles. The molecule has 0 bridgehead atoms. The van der Waals surface area contributed by atoms with Gasteiger partial charge in [-0.15, -0.1) is 0 Å². The predicted molar refractivity (Wildman–Crippen MR) is 286 cm³/mol. The number of rotatable bonds is 7. The molecule has 0 fully saturated rings. The summed E-state index contributed by atoms with van der Waals surface area (Å²) < 4.78 is 6.90. The average Bonchev–Trinajstić information content (AvgIpc) is 3.72. The minimum atomic E-state index is -0.0207. The Hall–Kier alpha value is -7.76. The summed E-state index contributed by atoms with van der Waals surface area (Å²) in [4.78, 5) is 7.51. The molecule has 4 nitrogen and oxygen atoms in total. The number of benzene rings is 9. The monoisotopic (exact) mass is 865 g/mol. The summed E-state index contributed by atoms with van der Waals surface area (Å²) in [6.07, 6.45) is 0. The van der Waals surface area contributed by atoms with E-state index in [1.165, 1.54) is 72.3 Å². The van der Waals surface area contributed by atoms with Crippen LogP contribution in [0.3, 0.4) is 0 Å². The quantitative estimate of drug-likeness (QED) is 0.149. The van der Waals surface area contributed by atoms with Gasteiger partial charge in [0.1, 0.15) is 5.58 Å². The lowest BCUT2D eigenvalue weighted by Crippen LogP contribution is -2.61. The molecule has 0 N–H and O–H groups in total. The molecule has 9 aromatic carbocycles. The number of furan rings is 1. The van der Waals surface area contributed by atoms with Crippen molar-refractivity contribution in [3.05, 3.63) is 215 Å². The number of nitrogens with zero attached hydrogens (tertiary/aromatic N) is 3. The van der Waals surface area contributed by atoms with Crippen molar-refractivity contribution >= 4 is 96.2 Å². The summed E-state index contributed by atoms with van der Waals surface area (Å²) in [5.41, 5.74) is 25.5. The van der Waals surface area contributed by atoms with Crippen LogP contribution in [-0.4, -0.2) is 6.71 Å². The summed E-state index contributed by atoms with van der Waals surface area (Å²) in [5.74, 6) is 0.396. The Bertz CT molecular complexity index is 3570. The maximum absolute atomic E-state index is 6.90. The molecule has 0 atom stereocenters. The molecular weight excluding hydrogens is 814 g/mol. The smallest absolute Gasteiger partial charge is 0.252 e. The van der Waals surface area contributed by atoms with Gasteiger partial charge in [0.25, 0.3) is 6.71 Å². The van der Waals surface area contributed by atoms with Gasteiger partial charge in [-0.05, 0) is 141 Å². The van der Waals surface area contributed by atoms with Gasteiger partial charge in [0, 0.05) is 50.5 Å². The van der Waals surface area contributed by atoms with Crippen molar-refractivity contribution < 1.29 is 4.42 Å². The fraction of sp³-hybridized carbons (Fsp3) is 0.129. The lowest BCUT2D eigenvalue weighted by Gasteiger charge is -2.45. The predicted octanol–water partition coefficient (Wildman–Crippen LogP) is 15.5. The van der Waals surface area contributed by atoms with Gasteiger partial charge in [0.2, 0.25) is 0 Å². The Morgan fingerprint density at radius 1 is 0.463 bits per heavy atom. The van der Waals surface area contributed by atoms with E-state index in [0.29, 0.717) is 5.92 Å². The van der Waals surface area contributed by atoms with Crippen molar-refractivity contribution in [3.63, 3.8) is 0 Å². The maximum Gasteiger partial charge on any atom is 0.252 e. The van der Waals surface area contributed by atoms with Crippen LogP contribution >= 0.6 is 0 Å². The lowest BCUT2D eigenvalue weighted by molar-refractivity contribution is 0.669. The first-order valence-corrected chi connectivity index (χ1v) is 23.6. The SMILES string of the molecule is Cc1ccc(-c2cc(C)ccc2N2c3ccc(C)cc3B3c4cc(C)ccc4N(c4ccc(C)cc4)c4cc(N(c5ccc(C(C)C)cc5)c5cccc6c5oc5ccccc56)cc2c43)cc1. The molecule has 0 radical (unpaired) electrons. The highest BCUT2D eigenvalue weighted by Gasteiger charge is 2.44. The van der Waals surface area contributed by atoms with Crippen molar-refractivity contribution in [2.45, 2.75) is 54.4 Å². The largest absolute Gasteiger partial charge is 0.454 e. The van der Waals surface area contributed by atoms with E-state index in [1.807, 2.05) is 0 Å². The van der Waals surface area contributed by atoms with E-state index in [-0.39, 0.29) is 6.71 Å². The number of para-hydroxylation sites is 2. The molecule has 67 heavy (non-hydrogen) atoms. The molecule has 0 amide bonds. The summed E-state index contributed by atoms with van der Waals surface area (Å²) in [5, 5.41) is 2.20. The van der Waals surface area contributed by atoms with E-state index in [1.54, 1.807) is 0 Å². The van der Waals surface area contributed by atoms with Crippen molar-refractivity contribution in [1.82, 2.24) is 0 Å². The van der Waals surface area contributed by atoms with Gasteiger partial charge in [-0.1, -0.05) is 151 Å². The van der Waals surface area contributed by atoms with Crippen LogP contribution in [0.4, 0.5) is 51.2 Å². The first-order valence-electron chi connectivity index (χ1n) is 23.6. The fourth-order valence-electron chi connectivity index (χ4n) is 10.7. The van der Waals surface area contributed by atoms with Crippen molar-refractivity contribution in [2.24, 2.45) is 0 Å². The zero-order valence-electron chi connectivity index (χ0n) is 39.2. The molecule has 0 saturated carbocycles. The fourth-order valence-corrected chi connectivity index (χ4v) is 10.7. The van der Waals surface area contributed by atoms with E-state index in [0.717, 1.165) is 61.8 Å². The van der Waals surface area contributed by atoms with E-state index in [9.17, 15) is 0 Å². The van der Waals surface area contributed by atoms with Crippen molar-refractivity contribution in [1.29, 1.82) is 0 Å². The van der Waals surface area contributed by atoms with Gasteiger partial charge in [-0.2, -0.15) is 0 Å². The van der Waals surface area contributed by atoms with Gasteiger partial charge < -0.3 is 19.1 Å². The van der Waals surface area contributed by atoms with Gasteiger partial charge in [-0.25, -0.2) is 0 Å². The van der Waals surface area contributed by atoms with Gasteiger partial charge in [0.15, 0.2) is 5.58 Å². The summed E-state index contributed by atoms with van der Waals surface area (Å²) in [6.45, 7) is 15.5. The van der Waals surface area contributed by atoms with Crippen LogP contribution in [0.2, 0.25) is 0 Å². The molecule has 3 heterocycles. The van der Waals surface area contributed by atoms with Gasteiger partial charge in [0.05, 0.1) is 17.1 Å². The zero-order valence-corrected chi connectivity index (χ0v) is 39.2. The molecule has 324 valence electrons. The maximum atomic E-state index is 6.90. The topological polar surface area (TPSA) is 22.9 Å². The lowest BCUT2D eigenvalue weighted by atomic mass is 9.33. The molecule has 2 aliphatic rings. The third-order valence-corrected chi connectivity index (χ3v) is 14.1. The van der Waals surface area contributed by atoms with Crippen LogP contribution in [0, 0.1) is 34.6 Å². The first kappa shape index (κ1) is 40.7. The van der Waals surface area contributed by atoms with E-state index in [2.05, 4.69) is 245 Å². The molecule has 10 aromatic rings. The summed E-state index contributed by atoms with van der Waals surface area (Å²) in [7, 11) is 0. The molecule has 5 heteroatoms. The molecule has 0 spiro atoms. The number of fused-ring (bicyclic) bond motifs is 7. The Labute approximate surface area is 394 Å². The minimum Gasteiger partial charge on any atom is -0.454 e. The van der Waals surface area contributed by atoms with Crippen molar-refractivity contribution in [3.8, 4) is 11.1 Å². The third-order valence-electron chi connectivity index (χ3n) is 14.1. The average molecular weight is 866 g/mol. The van der Waals surface area contributed by atoms with Crippen LogP contribution in [0.1, 0.15) is 53.1 Å². The van der Waals surface area contributed by atoms with Crippen LogP contribution in [0.15, 0.2) is 186 Å². The minimum absolute atomic E-state index is 0.0207. The number of hydrogen-bond donors (Lipinski definition) is 0. The van der Waals surface area contributed by atoms with Crippen LogP contribution in [-0.2, 0) is 0 Å². The second-order valence-corrected chi connectivity index (χ2v) is 19.2. The highest BCUT2D eigenvalue weighted by Crippen LogP contribution is 2.51. The molecule has 0 aliphatic carbocycles. The molecule has 1 aromatic heterocycles. The van der Waals surface area contributed by atoms with E-state index in [4.69, 9.17) is 4.42 Å². The van der Waals surface area contributed by atoms with Gasteiger partial charge in [-0.3, -0.25) is 0 Å². The molecule has 12 rings (SSSR count). The molecular formula is C62H52BN3O. The second kappa shape index (κ2) is 15.7. The Morgan fingerprint density at radius 2 is 1.03 bits per heavy atom. The third kappa shape index (κ3) is 6.67. The van der Waals surface area contributed by atoms with E-state index < -0.39 is 0 Å². The Kier molecular flexibility index (Phi) is 9.55. The Morgan fingerprint density at radius 3 is 1.70 bits per heavy atom. The molecule has 2 aliphatic heterocycles.